The quantitative estimate of drug-likeness (QED) is 0.629. The van der Waals surface area contributed by atoms with E-state index in [1.165, 1.54) is 26.3 Å². The zero-order valence-corrected chi connectivity index (χ0v) is 17.3. The summed E-state index contributed by atoms with van der Waals surface area (Å²) in [5.41, 5.74) is 3.70. The van der Waals surface area contributed by atoms with Crippen molar-refractivity contribution in [3.8, 4) is 6.07 Å². The molecule has 4 heterocycles. The standard InChI is InChI=1S/C19H23N7O2S/c1-3-14-10-19-21-13-23-26(19)12-16(14)15-5-8-25(9-6-15)29(27,28)18-11-22-24(2)17(18)4-7-20/h10-13,15H,3-6,8-9H2,1-2H3. The Morgan fingerprint density at radius 1 is 1.28 bits per heavy atom. The highest BCUT2D eigenvalue weighted by molar-refractivity contribution is 7.89. The fraction of sp³-hybridized carbons (Fsp3) is 0.474. The summed E-state index contributed by atoms with van der Waals surface area (Å²) in [7, 11) is -2.01. The smallest absolute Gasteiger partial charge is 0.246 e. The molecule has 29 heavy (non-hydrogen) atoms. The first-order valence-corrected chi connectivity index (χ1v) is 11.1. The minimum absolute atomic E-state index is 0.0132. The molecular weight excluding hydrogens is 390 g/mol. The number of aryl methyl sites for hydroxylation is 2. The molecule has 10 heteroatoms. The van der Waals surface area contributed by atoms with Crippen LogP contribution in [0.25, 0.3) is 5.65 Å². The van der Waals surface area contributed by atoms with E-state index in [1.54, 1.807) is 17.9 Å². The van der Waals surface area contributed by atoms with E-state index in [-0.39, 0.29) is 17.2 Å². The van der Waals surface area contributed by atoms with Gasteiger partial charge in [-0.2, -0.15) is 19.8 Å². The maximum Gasteiger partial charge on any atom is 0.246 e. The normalized spacial score (nSPS) is 16.3. The SMILES string of the molecule is CCc1cc2ncnn2cc1C1CCN(S(=O)(=O)c2cnn(C)c2CC#N)CC1. The van der Waals surface area contributed by atoms with Crippen molar-refractivity contribution in [2.75, 3.05) is 13.1 Å². The zero-order valence-electron chi connectivity index (χ0n) is 16.5. The van der Waals surface area contributed by atoms with Gasteiger partial charge in [0.15, 0.2) is 5.65 Å². The van der Waals surface area contributed by atoms with E-state index in [2.05, 4.69) is 28.2 Å². The Kier molecular flexibility index (Phi) is 5.10. The number of aromatic nitrogens is 5. The van der Waals surface area contributed by atoms with E-state index in [0.717, 1.165) is 24.9 Å². The number of rotatable bonds is 5. The topological polar surface area (TPSA) is 109 Å². The predicted molar refractivity (Wildman–Crippen MR) is 106 cm³/mol. The largest absolute Gasteiger partial charge is 0.270 e. The molecule has 0 aromatic carbocycles. The lowest BCUT2D eigenvalue weighted by Crippen LogP contribution is -2.38. The van der Waals surface area contributed by atoms with Gasteiger partial charge in [0.05, 0.1) is 24.4 Å². The van der Waals surface area contributed by atoms with Gasteiger partial charge in [0, 0.05) is 26.3 Å². The minimum atomic E-state index is -3.67. The van der Waals surface area contributed by atoms with Crippen molar-refractivity contribution in [3.63, 3.8) is 0 Å². The van der Waals surface area contributed by atoms with Gasteiger partial charge in [-0.05, 0) is 42.4 Å². The summed E-state index contributed by atoms with van der Waals surface area (Å²) in [6.07, 6.45) is 7.30. The van der Waals surface area contributed by atoms with Crippen LogP contribution in [0.2, 0.25) is 0 Å². The summed E-state index contributed by atoms with van der Waals surface area (Å²) >= 11 is 0. The third-order valence-electron chi connectivity index (χ3n) is 5.70. The fourth-order valence-electron chi connectivity index (χ4n) is 4.07. The van der Waals surface area contributed by atoms with E-state index in [9.17, 15) is 8.42 Å². The maximum atomic E-state index is 13.1. The fourth-order valence-corrected chi connectivity index (χ4v) is 5.72. The molecule has 3 aromatic heterocycles. The van der Waals surface area contributed by atoms with Crippen molar-refractivity contribution in [1.29, 1.82) is 5.26 Å². The van der Waals surface area contributed by atoms with E-state index in [0.29, 0.717) is 18.8 Å². The molecule has 9 nitrogen and oxygen atoms in total. The Morgan fingerprint density at radius 2 is 2.03 bits per heavy atom. The molecule has 1 saturated heterocycles. The average molecular weight is 414 g/mol. The van der Waals surface area contributed by atoms with Crippen LogP contribution in [0.4, 0.5) is 0 Å². The van der Waals surface area contributed by atoms with Gasteiger partial charge in [0.25, 0.3) is 0 Å². The van der Waals surface area contributed by atoms with Crippen molar-refractivity contribution >= 4 is 15.7 Å². The highest BCUT2D eigenvalue weighted by Crippen LogP contribution is 2.33. The Bertz CT molecular complexity index is 1180. The summed E-state index contributed by atoms with van der Waals surface area (Å²) in [6.45, 7) is 2.99. The van der Waals surface area contributed by atoms with Crippen LogP contribution in [0.3, 0.4) is 0 Å². The highest BCUT2D eigenvalue weighted by atomic mass is 32.2. The maximum absolute atomic E-state index is 13.1. The van der Waals surface area contributed by atoms with Gasteiger partial charge in [-0.25, -0.2) is 17.9 Å². The van der Waals surface area contributed by atoms with Gasteiger partial charge in [0.1, 0.15) is 11.2 Å². The molecule has 1 fully saturated rings. The van der Waals surface area contributed by atoms with Crippen molar-refractivity contribution in [1.82, 2.24) is 28.7 Å². The molecule has 0 atom stereocenters. The van der Waals surface area contributed by atoms with Gasteiger partial charge in [-0.3, -0.25) is 4.68 Å². The van der Waals surface area contributed by atoms with Crippen molar-refractivity contribution in [3.05, 3.63) is 41.6 Å². The Hall–Kier alpha value is -2.77. The van der Waals surface area contributed by atoms with Gasteiger partial charge in [-0.15, -0.1) is 0 Å². The van der Waals surface area contributed by atoms with Gasteiger partial charge in [0.2, 0.25) is 10.0 Å². The Labute approximate surface area is 169 Å². The first-order chi connectivity index (χ1) is 14.0. The second kappa shape index (κ2) is 7.57. The van der Waals surface area contributed by atoms with E-state index >= 15 is 0 Å². The third kappa shape index (κ3) is 3.41. The molecule has 0 aliphatic carbocycles. The Morgan fingerprint density at radius 3 is 2.72 bits per heavy atom. The van der Waals surface area contributed by atoms with Crippen molar-refractivity contribution in [2.24, 2.45) is 7.05 Å². The number of hydrogen-bond donors (Lipinski definition) is 0. The van der Waals surface area contributed by atoms with Crippen LogP contribution in [-0.4, -0.2) is 50.2 Å². The lowest BCUT2D eigenvalue weighted by atomic mass is 9.87. The number of fused-ring (bicyclic) bond motifs is 1. The molecule has 0 unspecified atom stereocenters. The molecule has 0 radical (unpaired) electrons. The predicted octanol–water partition coefficient (Wildman–Crippen LogP) is 1.66. The average Bonchev–Trinajstić information content (AvgIpc) is 3.34. The van der Waals surface area contributed by atoms with Crippen molar-refractivity contribution in [2.45, 2.75) is 43.4 Å². The molecule has 0 N–H and O–H groups in total. The highest BCUT2D eigenvalue weighted by Gasteiger charge is 2.33. The van der Waals surface area contributed by atoms with Crippen molar-refractivity contribution < 1.29 is 8.42 Å². The first kappa shape index (κ1) is 19.5. The summed E-state index contributed by atoms with van der Waals surface area (Å²) in [5.74, 6) is 0.275. The van der Waals surface area contributed by atoms with Gasteiger partial charge < -0.3 is 0 Å². The van der Waals surface area contributed by atoms with E-state index in [4.69, 9.17) is 5.26 Å². The second-order valence-corrected chi connectivity index (χ2v) is 9.17. The second-order valence-electron chi connectivity index (χ2n) is 7.26. The number of nitrogens with zero attached hydrogens (tertiary/aromatic N) is 7. The van der Waals surface area contributed by atoms with E-state index in [1.807, 2.05) is 12.3 Å². The molecule has 0 spiro atoms. The van der Waals surface area contributed by atoms with Crippen LogP contribution in [0.15, 0.2) is 29.7 Å². The Balaban J connectivity index is 1.56. The molecule has 3 aromatic rings. The minimum Gasteiger partial charge on any atom is -0.270 e. The van der Waals surface area contributed by atoms with Crippen LogP contribution in [0, 0.1) is 11.3 Å². The molecule has 0 amide bonds. The zero-order chi connectivity index (χ0) is 20.6. The molecule has 0 bridgehead atoms. The van der Waals surface area contributed by atoms with Crippen LogP contribution in [0.1, 0.15) is 42.5 Å². The molecule has 4 rings (SSSR count). The molecule has 1 aliphatic rings. The van der Waals surface area contributed by atoms with Crippen LogP contribution >= 0.6 is 0 Å². The first-order valence-electron chi connectivity index (χ1n) is 9.65. The monoisotopic (exact) mass is 413 g/mol. The number of pyridine rings is 1. The van der Waals surface area contributed by atoms with Gasteiger partial charge in [-0.1, -0.05) is 6.92 Å². The number of nitriles is 1. The molecular formula is C19H23N7O2S. The summed E-state index contributed by atoms with van der Waals surface area (Å²) in [4.78, 5) is 4.39. The number of hydrogen-bond acceptors (Lipinski definition) is 6. The summed E-state index contributed by atoms with van der Waals surface area (Å²) in [6, 6.07) is 4.09. The summed E-state index contributed by atoms with van der Waals surface area (Å²) in [5, 5.41) is 17.3. The molecule has 152 valence electrons. The van der Waals surface area contributed by atoms with Crippen LogP contribution in [0.5, 0.6) is 0 Å². The molecule has 0 saturated carbocycles. The lowest BCUT2D eigenvalue weighted by Gasteiger charge is -2.32. The number of piperidine rings is 1. The van der Waals surface area contributed by atoms with Crippen LogP contribution < -0.4 is 0 Å². The van der Waals surface area contributed by atoms with Crippen LogP contribution in [-0.2, 0) is 29.9 Å². The lowest BCUT2D eigenvalue weighted by molar-refractivity contribution is 0.318. The van der Waals surface area contributed by atoms with E-state index < -0.39 is 10.0 Å². The van der Waals surface area contributed by atoms with Gasteiger partial charge >= 0.3 is 0 Å². The third-order valence-corrected chi connectivity index (χ3v) is 7.64. The number of sulfonamides is 1. The molecule has 1 aliphatic heterocycles. The summed E-state index contributed by atoms with van der Waals surface area (Å²) < 4.78 is 31.0.